The van der Waals surface area contributed by atoms with Crippen molar-refractivity contribution in [3.05, 3.63) is 0 Å². The van der Waals surface area contributed by atoms with Gasteiger partial charge in [-0.3, -0.25) is 0 Å². The average Bonchev–Trinajstić information content (AvgIpc) is 2.55. The highest BCUT2D eigenvalue weighted by Crippen LogP contribution is 2.65. The third kappa shape index (κ3) is 1.32. The molecule has 2 saturated carbocycles. The minimum absolute atomic E-state index is 0.0114. The van der Waals surface area contributed by atoms with Crippen LogP contribution in [0.1, 0.15) is 40.5 Å². The Balaban J connectivity index is 2.23. The number of fused-ring (bicyclic) bond motifs is 1. The lowest BCUT2D eigenvalue weighted by atomic mass is 9.48. The van der Waals surface area contributed by atoms with E-state index in [0.717, 1.165) is 6.42 Å². The number of rotatable bonds is 0. The van der Waals surface area contributed by atoms with Gasteiger partial charge in [-0.25, -0.2) is 0 Å². The molecule has 20 heavy (non-hydrogen) atoms. The maximum atomic E-state index is 10.9. The summed E-state index contributed by atoms with van der Waals surface area (Å²) >= 11 is 0. The first-order chi connectivity index (χ1) is 9.10. The average molecular weight is 286 g/mol. The highest BCUT2D eigenvalue weighted by atomic mass is 16.6. The second kappa shape index (κ2) is 3.96. The van der Waals surface area contributed by atoms with E-state index in [9.17, 15) is 20.4 Å². The Hall–Kier alpha value is -0.200. The fraction of sp³-hybridized carbons (Fsp3) is 1.00. The summed E-state index contributed by atoms with van der Waals surface area (Å²) in [5, 5.41) is 42.5. The van der Waals surface area contributed by atoms with Crippen molar-refractivity contribution >= 4 is 0 Å². The van der Waals surface area contributed by atoms with Gasteiger partial charge in [0.1, 0.15) is 5.60 Å². The van der Waals surface area contributed by atoms with Crippen LogP contribution in [0, 0.1) is 17.3 Å². The van der Waals surface area contributed by atoms with E-state index in [4.69, 9.17) is 4.74 Å². The molecule has 4 N–H and O–H groups in total. The lowest BCUT2D eigenvalue weighted by molar-refractivity contribution is -0.294. The van der Waals surface area contributed by atoms with Crippen LogP contribution < -0.4 is 0 Å². The topological polar surface area (TPSA) is 90.2 Å². The smallest absolute Gasteiger partial charge is 0.108 e. The number of hydrogen-bond acceptors (Lipinski definition) is 5. The predicted molar refractivity (Wildman–Crippen MR) is 71.9 cm³/mol. The molecule has 0 amide bonds. The van der Waals surface area contributed by atoms with Crippen molar-refractivity contribution in [1.82, 2.24) is 0 Å². The highest BCUT2D eigenvalue weighted by Gasteiger charge is 2.78. The van der Waals surface area contributed by atoms with E-state index >= 15 is 0 Å². The Kier molecular flexibility index (Phi) is 2.91. The van der Waals surface area contributed by atoms with Gasteiger partial charge in [-0.2, -0.15) is 0 Å². The molecule has 0 aromatic heterocycles. The van der Waals surface area contributed by atoms with Crippen molar-refractivity contribution in [2.75, 3.05) is 0 Å². The standard InChI is InChI=1S/C15H26O5/c1-7-5-6-8(16)14(4)12(19)10(17)9-11(18)15(7,14)20-13(9,2)3/h7-12,16-19H,5-6H2,1-4H3. The van der Waals surface area contributed by atoms with Crippen molar-refractivity contribution in [1.29, 1.82) is 0 Å². The zero-order valence-corrected chi connectivity index (χ0v) is 12.6. The molecule has 3 rings (SSSR count). The van der Waals surface area contributed by atoms with E-state index < -0.39 is 47.0 Å². The fourth-order valence-corrected chi connectivity index (χ4v) is 5.32. The molecule has 8 unspecified atom stereocenters. The molecule has 1 spiro atoms. The van der Waals surface area contributed by atoms with Gasteiger partial charge >= 0.3 is 0 Å². The Morgan fingerprint density at radius 3 is 2.15 bits per heavy atom. The van der Waals surface area contributed by atoms with Gasteiger partial charge in [-0.15, -0.1) is 0 Å². The summed E-state index contributed by atoms with van der Waals surface area (Å²) in [5.41, 5.74) is -2.80. The molecule has 2 bridgehead atoms. The molecule has 1 saturated heterocycles. The van der Waals surface area contributed by atoms with Crippen molar-refractivity contribution in [2.45, 2.75) is 76.2 Å². The van der Waals surface area contributed by atoms with Crippen LogP contribution in [0.25, 0.3) is 0 Å². The maximum absolute atomic E-state index is 10.9. The maximum Gasteiger partial charge on any atom is 0.108 e. The molecule has 5 heteroatoms. The Morgan fingerprint density at radius 1 is 0.950 bits per heavy atom. The lowest BCUT2D eigenvalue weighted by Crippen LogP contribution is -2.74. The minimum atomic E-state index is -1.10. The van der Waals surface area contributed by atoms with Crippen LogP contribution in [0.5, 0.6) is 0 Å². The third-order valence-electron chi connectivity index (χ3n) is 6.46. The van der Waals surface area contributed by atoms with E-state index in [1.807, 2.05) is 20.8 Å². The van der Waals surface area contributed by atoms with E-state index in [1.54, 1.807) is 6.92 Å². The van der Waals surface area contributed by atoms with Crippen molar-refractivity contribution < 1.29 is 25.2 Å². The molecule has 5 nitrogen and oxygen atoms in total. The summed E-state index contributed by atoms with van der Waals surface area (Å²) in [4.78, 5) is 0. The fourth-order valence-electron chi connectivity index (χ4n) is 5.32. The van der Waals surface area contributed by atoms with Gasteiger partial charge in [-0.1, -0.05) is 13.8 Å². The molecule has 3 fully saturated rings. The minimum Gasteiger partial charge on any atom is -0.392 e. The van der Waals surface area contributed by atoms with E-state index in [1.165, 1.54) is 0 Å². The van der Waals surface area contributed by atoms with Gasteiger partial charge in [0.05, 0.1) is 35.4 Å². The van der Waals surface area contributed by atoms with Crippen LogP contribution in [-0.2, 0) is 4.74 Å². The van der Waals surface area contributed by atoms with Crippen LogP contribution in [0.2, 0.25) is 0 Å². The molecule has 1 heterocycles. The van der Waals surface area contributed by atoms with E-state index in [-0.39, 0.29) is 5.92 Å². The number of aliphatic hydroxyl groups is 4. The molecule has 2 aliphatic carbocycles. The Bertz CT molecular complexity index is 424. The van der Waals surface area contributed by atoms with Crippen LogP contribution in [0.4, 0.5) is 0 Å². The van der Waals surface area contributed by atoms with E-state index in [2.05, 4.69) is 0 Å². The first-order valence-electron chi connectivity index (χ1n) is 7.53. The number of aliphatic hydroxyl groups excluding tert-OH is 4. The van der Waals surface area contributed by atoms with Crippen LogP contribution in [-0.4, -0.2) is 56.0 Å². The van der Waals surface area contributed by atoms with Gasteiger partial charge in [0.25, 0.3) is 0 Å². The zero-order valence-electron chi connectivity index (χ0n) is 12.6. The summed E-state index contributed by atoms with van der Waals surface area (Å²) < 4.78 is 6.27. The quantitative estimate of drug-likeness (QED) is 0.505. The molecule has 1 aliphatic heterocycles. The zero-order chi connectivity index (χ0) is 15.1. The second-order valence-corrected chi connectivity index (χ2v) is 7.68. The van der Waals surface area contributed by atoms with E-state index in [0.29, 0.717) is 6.42 Å². The molecule has 0 aromatic rings. The highest BCUT2D eigenvalue weighted by molar-refractivity contribution is 5.26. The first-order valence-corrected chi connectivity index (χ1v) is 7.53. The van der Waals surface area contributed by atoms with Crippen molar-refractivity contribution in [3.63, 3.8) is 0 Å². The molecular weight excluding hydrogens is 260 g/mol. The summed E-state index contributed by atoms with van der Waals surface area (Å²) in [6.45, 7) is 7.41. The SMILES string of the molecule is CC1CCC(O)C2(C)C(O)C(O)C3C(O)C12OC3(C)C. The van der Waals surface area contributed by atoms with Gasteiger partial charge < -0.3 is 25.2 Å². The largest absolute Gasteiger partial charge is 0.392 e. The third-order valence-corrected chi connectivity index (χ3v) is 6.46. The summed E-state index contributed by atoms with van der Waals surface area (Å²) in [6.07, 6.45) is -2.60. The Morgan fingerprint density at radius 2 is 1.55 bits per heavy atom. The summed E-state index contributed by atoms with van der Waals surface area (Å²) in [7, 11) is 0. The lowest BCUT2D eigenvalue weighted by Gasteiger charge is -2.61. The molecule has 116 valence electrons. The van der Waals surface area contributed by atoms with Crippen LogP contribution in [0.15, 0.2) is 0 Å². The molecule has 3 aliphatic rings. The second-order valence-electron chi connectivity index (χ2n) is 7.68. The molecule has 0 radical (unpaired) electrons. The molecule has 8 atom stereocenters. The Labute approximate surface area is 119 Å². The number of hydrogen-bond donors (Lipinski definition) is 4. The van der Waals surface area contributed by atoms with Crippen LogP contribution >= 0.6 is 0 Å². The number of ether oxygens (including phenoxy) is 1. The summed E-state index contributed by atoms with van der Waals surface area (Å²) in [6, 6.07) is 0. The predicted octanol–water partition coefficient (Wildman–Crippen LogP) is 0.0436. The molecule has 0 aromatic carbocycles. The van der Waals surface area contributed by atoms with Gasteiger partial charge in [-0.05, 0) is 32.6 Å². The summed E-state index contributed by atoms with van der Waals surface area (Å²) in [5.74, 6) is -0.532. The van der Waals surface area contributed by atoms with Gasteiger partial charge in [0.15, 0.2) is 0 Å². The monoisotopic (exact) mass is 286 g/mol. The van der Waals surface area contributed by atoms with Gasteiger partial charge in [0, 0.05) is 5.92 Å². The van der Waals surface area contributed by atoms with Crippen molar-refractivity contribution in [3.8, 4) is 0 Å². The normalized spacial score (nSPS) is 61.2. The first kappa shape index (κ1) is 14.7. The van der Waals surface area contributed by atoms with Gasteiger partial charge in [0.2, 0.25) is 0 Å². The van der Waals surface area contributed by atoms with Crippen molar-refractivity contribution in [2.24, 2.45) is 17.3 Å². The van der Waals surface area contributed by atoms with Crippen LogP contribution in [0.3, 0.4) is 0 Å². The molecular formula is C15H26O5.